The summed E-state index contributed by atoms with van der Waals surface area (Å²) < 4.78 is 0.952. The number of aryl methyl sites for hydroxylation is 1. The summed E-state index contributed by atoms with van der Waals surface area (Å²) in [5, 5.41) is 2.82. The molecule has 0 radical (unpaired) electrons. The van der Waals surface area contributed by atoms with Crippen LogP contribution in [0, 0.1) is 12.8 Å². The highest BCUT2D eigenvalue weighted by Gasteiger charge is 2.35. The number of benzene rings is 1. The Bertz CT molecular complexity index is 746. The second kappa shape index (κ2) is 6.50. The van der Waals surface area contributed by atoms with Gasteiger partial charge in [0.15, 0.2) is 0 Å². The van der Waals surface area contributed by atoms with Crippen LogP contribution in [-0.2, 0) is 9.59 Å². The molecular formula is C17H16BrN3O2. The van der Waals surface area contributed by atoms with Crippen molar-refractivity contribution >= 4 is 39.2 Å². The molecule has 2 amide bonds. The highest BCUT2D eigenvalue weighted by atomic mass is 79.9. The molecule has 0 aliphatic carbocycles. The van der Waals surface area contributed by atoms with Gasteiger partial charge in [0.05, 0.1) is 5.92 Å². The molecule has 1 aliphatic rings. The first-order valence-electron chi connectivity index (χ1n) is 7.33. The zero-order chi connectivity index (χ0) is 16.4. The predicted molar refractivity (Wildman–Crippen MR) is 92.2 cm³/mol. The molecule has 2 heterocycles. The maximum Gasteiger partial charge on any atom is 0.230 e. The molecule has 118 valence electrons. The van der Waals surface area contributed by atoms with Crippen LogP contribution in [0.1, 0.15) is 12.0 Å². The molecule has 3 rings (SSSR count). The summed E-state index contributed by atoms with van der Waals surface area (Å²) in [4.78, 5) is 30.4. The predicted octanol–water partition coefficient (Wildman–Crippen LogP) is 3.14. The van der Waals surface area contributed by atoms with Crippen LogP contribution in [0.3, 0.4) is 0 Å². The Morgan fingerprint density at radius 2 is 2.04 bits per heavy atom. The molecule has 0 spiro atoms. The average molecular weight is 374 g/mol. The lowest BCUT2D eigenvalue weighted by atomic mass is 10.1. The molecule has 1 aromatic carbocycles. The highest BCUT2D eigenvalue weighted by Crippen LogP contribution is 2.27. The van der Waals surface area contributed by atoms with Crippen molar-refractivity contribution < 1.29 is 9.59 Å². The molecule has 1 atom stereocenters. The number of hydrogen-bond donors (Lipinski definition) is 1. The standard InChI is InChI=1S/C17H16BrN3O2/c1-11-3-2-8-19-16(11)20-17(23)12-9-15(22)21(10-12)14-6-4-13(18)5-7-14/h2-8,12H,9-10H2,1H3,(H,19,20,23)/t12-/m0/s1. The molecule has 0 saturated carbocycles. The smallest absolute Gasteiger partial charge is 0.230 e. The summed E-state index contributed by atoms with van der Waals surface area (Å²) in [6, 6.07) is 11.2. The molecule has 1 saturated heterocycles. The summed E-state index contributed by atoms with van der Waals surface area (Å²) in [6.07, 6.45) is 1.85. The zero-order valence-corrected chi connectivity index (χ0v) is 14.2. The van der Waals surface area contributed by atoms with Gasteiger partial charge in [0.2, 0.25) is 11.8 Å². The Kier molecular flexibility index (Phi) is 4.43. The van der Waals surface area contributed by atoms with E-state index >= 15 is 0 Å². The lowest BCUT2D eigenvalue weighted by molar-refractivity contribution is -0.122. The van der Waals surface area contributed by atoms with E-state index in [0.29, 0.717) is 12.4 Å². The second-order valence-corrected chi connectivity index (χ2v) is 6.46. The number of nitrogens with zero attached hydrogens (tertiary/aromatic N) is 2. The van der Waals surface area contributed by atoms with Gasteiger partial charge >= 0.3 is 0 Å². The van der Waals surface area contributed by atoms with Crippen molar-refractivity contribution in [2.75, 3.05) is 16.8 Å². The Morgan fingerprint density at radius 3 is 2.74 bits per heavy atom. The average Bonchev–Trinajstić information content (AvgIpc) is 2.92. The van der Waals surface area contributed by atoms with E-state index in [1.165, 1.54) is 0 Å². The molecule has 1 aromatic heterocycles. The lowest BCUT2D eigenvalue weighted by Gasteiger charge is -2.17. The van der Waals surface area contributed by atoms with Gasteiger partial charge in [-0.25, -0.2) is 4.98 Å². The molecule has 1 N–H and O–H groups in total. The third kappa shape index (κ3) is 3.42. The van der Waals surface area contributed by atoms with Gasteiger partial charge in [-0.15, -0.1) is 0 Å². The van der Waals surface area contributed by atoms with Gasteiger partial charge in [-0.05, 0) is 42.8 Å². The van der Waals surface area contributed by atoms with E-state index in [0.717, 1.165) is 15.7 Å². The number of amides is 2. The van der Waals surface area contributed by atoms with Crippen LogP contribution in [0.4, 0.5) is 11.5 Å². The first-order valence-corrected chi connectivity index (χ1v) is 8.12. The number of aromatic nitrogens is 1. The molecule has 6 heteroatoms. The van der Waals surface area contributed by atoms with E-state index in [-0.39, 0.29) is 24.2 Å². The Labute approximate surface area is 142 Å². The van der Waals surface area contributed by atoms with Gasteiger partial charge in [0, 0.05) is 29.3 Å². The van der Waals surface area contributed by atoms with E-state index in [2.05, 4.69) is 26.2 Å². The van der Waals surface area contributed by atoms with E-state index in [4.69, 9.17) is 0 Å². The van der Waals surface area contributed by atoms with Gasteiger partial charge in [-0.2, -0.15) is 0 Å². The minimum atomic E-state index is -0.368. The van der Waals surface area contributed by atoms with Gasteiger partial charge < -0.3 is 10.2 Å². The van der Waals surface area contributed by atoms with Gasteiger partial charge in [-0.1, -0.05) is 22.0 Å². The summed E-state index contributed by atoms with van der Waals surface area (Å²) in [5.41, 5.74) is 1.71. The molecule has 0 bridgehead atoms. The third-order valence-corrected chi connectivity index (χ3v) is 4.41. The number of carbonyl (C=O) groups excluding carboxylic acids is 2. The summed E-state index contributed by atoms with van der Waals surface area (Å²) in [6.45, 7) is 2.27. The fraction of sp³-hybridized carbons (Fsp3) is 0.235. The van der Waals surface area contributed by atoms with E-state index in [9.17, 15) is 9.59 Å². The van der Waals surface area contributed by atoms with Crippen molar-refractivity contribution in [3.63, 3.8) is 0 Å². The van der Waals surface area contributed by atoms with Crippen molar-refractivity contribution in [1.82, 2.24) is 4.98 Å². The third-order valence-electron chi connectivity index (χ3n) is 3.89. The van der Waals surface area contributed by atoms with Crippen molar-refractivity contribution in [2.24, 2.45) is 5.92 Å². The van der Waals surface area contributed by atoms with Crippen molar-refractivity contribution in [3.8, 4) is 0 Å². The van der Waals surface area contributed by atoms with Crippen LogP contribution in [0.25, 0.3) is 0 Å². The molecule has 1 aliphatic heterocycles. The van der Waals surface area contributed by atoms with E-state index in [1.807, 2.05) is 43.3 Å². The maximum absolute atomic E-state index is 12.4. The first kappa shape index (κ1) is 15.7. The number of rotatable bonds is 3. The monoisotopic (exact) mass is 373 g/mol. The molecule has 23 heavy (non-hydrogen) atoms. The number of pyridine rings is 1. The van der Waals surface area contributed by atoms with Crippen molar-refractivity contribution in [2.45, 2.75) is 13.3 Å². The minimum absolute atomic E-state index is 0.0368. The SMILES string of the molecule is Cc1cccnc1NC(=O)[C@H]1CC(=O)N(c2ccc(Br)cc2)C1. The second-order valence-electron chi connectivity index (χ2n) is 5.54. The zero-order valence-electron chi connectivity index (χ0n) is 12.6. The molecule has 2 aromatic rings. The molecular weight excluding hydrogens is 358 g/mol. The topological polar surface area (TPSA) is 62.3 Å². The first-order chi connectivity index (χ1) is 11.0. The number of halogens is 1. The van der Waals surface area contributed by atoms with Crippen LogP contribution in [0.2, 0.25) is 0 Å². The van der Waals surface area contributed by atoms with Crippen LogP contribution >= 0.6 is 15.9 Å². The summed E-state index contributed by atoms with van der Waals surface area (Å²) in [5.74, 6) is -0.0235. The van der Waals surface area contributed by atoms with Gasteiger partial charge in [-0.3, -0.25) is 9.59 Å². The van der Waals surface area contributed by atoms with Gasteiger partial charge in [0.25, 0.3) is 0 Å². The summed E-state index contributed by atoms with van der Waals surface area (Å²) in [7, 11) is 0. The maximum atomic E-state index is 12.4. The van der Waals surface area contributed by atoms with Crippen LogP contribution in [-0.4, -0.2) is 23.3 Å². The Balaban J connectivity index is 1.71. The number of anilines is 2. The lowest BCUT2D eigenvalue weighted by Crippen LogP contribution is -2.28. The van der Waals surface area contributed by atoms with Crippen LogP contribution in [0.15, 0.2) is 47.1 Å². The highest BCUT2D eigenvalue weighted by molar-refractivity contribution is 9.10. The molecule has 5 nitrogen and oxygen atoms in total. The normalized spacial score (nSPS) is 17.4. The van der Waals surface area contributed by atoms with Crippen LogP contribution in [0.5, 0.6) is 0 Å². The quantitative estimate of drug-likeness (QED) is 0.898. The van der Waals surface area contributed by atoms with Crippen molar-refractivity contribution in [3.05, 3.63) is 52.6 Å². The largest absolute Gasteiger partial charge is 0.312 e. The molecule has 1 fully saturated rings. The fourth-order valence-corrected chi connectivity index (χ4v) is 2.85. The van der Waals surface area contributed by atoms with Gasteiger partial charge in [0.1, 0.15) is 5.82 Å². The van der Waals surface area contributed by atoms with Crippen LogP contribution < -0.4 is 10.2 Å². The Hall–Kier alpha value is -2.21. The van der Waals surface area contributed by atoms with E-state index in [1.54, 1.807) is 11.1 Å². The number of hydrogen-bond acceptors (Lipinski definition) is 3. The summed E-state index contributed by atoms with van der Waals surface area (Å²) >= 11 is 3.37. The molecule has 0 unspecified atom stereocenters. The van der Waals surface area contributed by atoms with Crippen molar-refractivity contribution in [1.29, 1.82) is 0 Å². The fourth-order valence-electron chi connectivity index (χ4n) is 2.59. The number of nitrogens with one attached hydrogen (secondary N) is 1. The minimum Gasteiger partial charge on any atom is -0.312 e. The Morgan fingerprint density at radius 1 is 1.30 bits per heavy atom. The van der Waals surface area contributed by atoms with E-state index < -0.39 is 0 Å². The number of carbonyl (C=O) groups is 2.